The third-order valence-electron chi connectivity index (χ3n) is 3.08. The zero-order chi connectivity index (χ0) is 13.2. The maximum atomic E-state index is 11.6. The molecule has 3 rings (SSSR count). The molecule has 1 aromatic carbocycles. The summed E-state index contributed by atoms with van der Waals surface area (Å²) in [6.45, 7) is 1.60. The monoisotopic (exact) mass is 320 g/mol. The van der Waals surface area contributed by atoms with Crippen molar-refractivity contribution in [3.63, 3.8) is 0 Å². The minimum Gasteiger partial charge on any atom is -0.340 e. The lowest BCUT2D eigenvalue weighted by Gasteiger charge is -2.19. The molecule has 0 bridgehead atoms. The second-order valence-electron chi connectivity index (χ2n) is 4.41. The van der Waals surface area contributed by atoms with Crippen molar-refractivity contribution in [3.05, 3.63) is 50.5 Å². The summed E-state index contributed by atoms with van der Waals surface area (Å²) in [7, 11) is 0. The van der Waals surface area contributed by atoms with Crippen molar-refractivity contribution < 1.29 is 0 Å². The summed E-state index contributed by atoms with van der Waals surface area (Å²) >= 11 is 3.39. The first kappa shape index (κ1) is 12.4. The first-order chi connectivity index (χ1) is 9.22. The normalized spacial score (nSPS) is 13.9. The minimum absolute atomic E-state index is 0.305. The molecule has 0 radical (unpaired) electrons. The second kappa shape index (κ2) is 5.14. The standard InChI is InChI=1S/C13H13BrN4O/c14-8-1-3-9(4-2-8)16-12-10-7-15-6-5-11(10)17-13(19)18-12/h1-4,15H,5-7H2,(H2,16,17,18,19). The van der Waals surface area contributed by atoms with Crippen molar-refractivity contribution in [2.45, 2.75) is 13.0 Å². The highest BCUT2D eigenvalue weighted by Crippen LogP contribution is 2.22. The summed E-state index contributed by atoms with van der Waals surface area (Å²) in [6, 6.07) is 7.77. The van der Waals surface area contributed by atoms with Crippen LogP contribution < -0.4 is 16.3 Å². The van der Waals surface area contributed by atoms with Crippen LogP contribution in [-0.2, 0) is 13.0 Å². The molecule has 0 atom stereocenters. The molecule has 0 aliphatic carbocycles. The van der Waals surface area contributed by atoms with E-state index < -0.39 is 0 Å². The molecular weight excluding hydrogens is 308 g/mol. The van der Waals surface area contributed by atoms with Crippen molar-refractivity contribution in [3.8, 4) is 0 Å². The first-order valence-corrected chi connectivity index (χ1v) is 6.87. The Morgan fingerprint density at radius 3 is 2.84 bits per heavy atom. The average Bonchev–Trinajstić information content (AvgIpc) is 2.41. The Morgan fingerprint density at radius 1 is 1.26 bits per heavy atom. The Morgan fingerprint density at radius 2 is 2.05 bits per heavy atom. The van der Waals surface area contributed by atoms with Gasteiger partial charge in [-0.2, -0.15) is 4.98 Å². The Labute approximate surface area is 118 Å². The van der Waals surface area contributed by atoms with Crippen molar-refractivity contribution in [1.82, 2.24) is 15.3 Å². The van der Waals surface area contributed by atoms with E-state index in [0.29, 0.717) is 5.82 Å². The molecule has 0 saturated carbocycles. The van der Waals surface area contributed by atoms with Gasteiger partial charge in [-0.3, -0.25) is 0 Å². The fourth-order valence-corrected chi connectivity index (χ4v) is 2.41. The van der Waals surface area contributed by atoms with Crippen LogP contribution in [0.1, 0.15) is 11.3 Å². The quantitative estimate of drug-likeness (QED) is 0.790. The molecule has 98 valence electrons. The van der Waals surface area contributed by atoms with Gasteiger partial charge in [0.1, 0.15) is 5.82 Å². The van der Waals surface area contributed by atoms with Gasteiger partial charge in [-0.05, 0) is 24.3 Å². The lowest BCUT2D eigenvalue weighted by Crippen LogP contribution is -2.29. The van der Waals surface area contributed by atoms with Crippen LogP contribution in [0.25, 0.3) is 0 Å². The molecule has 3 N–H and O–H groups in total. The van der Waals surface area contributed by atoms with E-state index in [-0.39, 0.29) is 5.69 Å². The zero-order valence-corrected chi connectivity index (χ0v) is 11.8. The smallest absolute Gasteiger partial charge is 0.340 e. The number of rotatable bonds is 2. The molecule has 6 heteroatoms. The Bertz CT molecular complexity index is 651. The molecule has 1 aliphatic rings. The van der Waals surface area contributed by atoms with Crippen LogP contribution in [0.5, 0.6) is 0 Å². The molecule has 2 heterocycles. The predicted octanol–water partition coefficient (Wildman–Crippen LogP) is 1.92. The average molecular weight is 321 g/mol. The highest BCUT2D eigenvalue weighted by molar-refractivity contribution is 9.10. The van der Waals surface area contributed by atoms with Crippen LogP contribution in [0.4, 0.5) is 11.5 Å². The lowest BCUT2D eigenvalue weighted by molar-refractivity contribution is 0.624. The predicted molar refractivity (Wildman–Crippen MR) is 77.7 cm³/mol. The first-order valence-electron chi connectivity index (χ1n) is 6.08. The largest absolute Gasteiger partial charge is 0.347 e. The number of aromatic amines is 1. The summed E-state index contributed by atoms with van der Waals surface area (Å²) in [4.78, 5) is 18.4. The maximum absolute atomic E-state index is 11.6. The van der Waals surface area contributed by atoms with Crippen LogP contribution in [0.2, 0.25) is 0 Å². The summed E-state index contributed by atoms with van der Waals surface area (Å²) in [5.41, 5.74) is 2.61. The van der Waals surface area contributed by atoms with Crippen LogP contribution in [-0.4, -0.2) is 16.5 Å². The van der Waals surface area contributed by atoms with Crippen LogP contribution in [0.3, 0.4) is 0 Å². The Balaban J connectivity index is 1.98. The van der Waals surface area contributed by atoms with Crippen LogP contribution in [0.15, 0.2) is 33.5 Å². The third kappa shape index (κ3) is 2.69. The lowest BCUT2D eigenvalue weighted by atomic mass is 10.1. The molecule has 1 aromatic heterocycles. The van der Waals surface area contributed by atoms with Gasteiger partial charge in [-0.25, -0.2) is 4.79 Å². The van der Waals surface area contributed by atoms with Gasteiger partial charge in [0.15, 0.2) is 0 Å². The summed E-state index contributed by atoms with van der Waals surface area (Å²) < 4.78 is 1.01. The van der Waals surface area contributed by atoms with E-state index in [1.165, 1.54) is 0 Å². The van der Waals surface area contributed by atoms with E-state index in [1.54, 1.807) is 0 Å². The van der Waals surface area contributed by atoms with Gasteiger partial charge in [0.25, 0.3) is 0 Å². The number of aromatic nitrogens is 2. The summed E-state index contributed by atoms with van der Waals surface area (Å²) in [5, 5.41) is 6.49. The number of fused-ring (bicyclic) bond motifs is 1. The number of anilines is 2. The number of hydrogen-bond acceptors (Lipinski definition) is 4. The molecule has 0 saturated heterocycles. The van der Waals surface area contributed by atoms with E-state index in [0.717, 1.165) is 40.9 Å². The summed E-state index contributed by atoms with van der Waals surface area (Å²) in [5.74, 6) is 0.633. The third-order valence-corrected chi connectivity index (χ3v) is 3.61. The van der Waals surface area contributed by atoms with Gasteiger partial charge in [-0.15, -0.1) is 0 Å². The molecule has 5 nitrogen and oxygen atoms in total. The zero-order valence-electron chi connectivity index (χ0n) is 10.2. The second-order valence-corrected chi connectivity index (χ2v) is 5.32. The summed E-state index contributed by atoms with van der Waals surface area (Å²) in [6.07, 6.45) is 0.822. The number of nitrogens with zero attached hydrogens (tertiary/aromatic N) is 1. The highest BCUT2D eigenvalue weighted by Gasteiger charge is 2.15. The topological polar surface area (TPSA) is 69.8 Å². The van der Waals surface area contributed by atoms with Crippen molar-refractivity contribution in [1.29, 1.82) is 0 Å². The van der Waals surface area contributed by atoms with Gasteiger partial charge in [-0.1, -0.05) is 15.9 Å². The van der Waals surface area contributed by atoms with Crippen molar-refractivity contribution >= 4 is 27.4 Å². The number of hydrogen-bond donors (Lipinski definition) is 3. The van der Waals surface area contributed by atoms with E-state index in [4.69, 9.17) is 0 Å². The van der Waals surface area contributed by atoms with Crippen molar-refractivity contribution in [2.75, 3.05) is 11.9 Å². The van der Waals surface area contributed by atoms with Crippen molar-refractivity contribution in [2.24, 2.45) is 0 Å². The number of H-pyrrole nitrogens is 1. The van der Waals surface area contributed by atoms with E-state index in [1.807, 2.05) is 24.3 Å². The fourth-order valence-electron chi connectivity index (χ4n) is 2.15. The molecule has 2 aromatic rings. The van der Waals surface area contributed by atoms with Crippen LogP contribution in [0, 0.1) is 0 Å². The number of halogens is 1. The SMILES string of the molecule is O=c1nc(Nc2ccc(Br)cc2)c2c([nH]1)CCNC2. The molecule has 0 fully saturated rings. The van der Waals surface area contributed by atoms with Gasteiger partial charge in [0.05, 0.1) is 0 Å². The van der Waals surface area contributed by atoms with Gasteiger partial charge in [0, 0.05) is 40.9 Å². The Kier molecular flexibility index (Phi) is 3.35. The molecule has 1 aliphatic heterocycles. The van der Waals surface area contributed by atoms with Gasteiger partial charge < -0.3 is 15.6 Å². The fraction of sp³-hybridized carbons (Fsp3) is 0.231. The van der Waals surface area contributed by atoms with Crippen LogP contribution >= 0.6 is 15.9 Å². The molecule has 0 spiro atoms. The highest BCUT2D eigenvalue weighted by atomic mass is 79.9. The molecule has 19 heavy (non-hydrogen) atoms. The van der Waals surface area contributed by atoms with E-state index in [2.05, 4.69) is 36.5 Å². The van der Waals surface area contributed by atoms with E-state index in [9.17, 15) is 4.79 Å². The molecule has 0 amide bonds. The number of nitrogens with one attached hydrogen (secondary N) is 3. The maximum Gasteiger partial charge on any atom is 0.347 e. The Hall–Kier alpha value is -1.66. The van der Waals surface area contributed by atoms with E-state index >= 15 is 0 Å². The minimum atomic E-state index is -0.305. The number of benzene rings is 1. The molecular formula is C13H13BrN4O. The van der Waals surface area contributed by atoms with Gasteiger partial charge >= 0.3 is 5.69 Å². The van der Waals surface area contributed by atoms with Gasteiger partial charge in [0.2, 0.25) is 0 Å². The molecule has 0 unspecified atom stereocenters.